The van der Waals surface area contributed by atoms with E-state index in [0.717, 1.165) is 24.4 Å². The lowest BCUT2D eigenvalue weighted by Gasteiger charge is -2.43. The molecule has 0 aliphatic carbocycles. The highest BCUT2D eigenvalue weighted by molar-refractivity contribution is 6.30. The van der Waals surface area contributed by atoms with Crippen molar-refractivity contribution in [3.63, 3.8) is 0 Å². The van der Waals surface area contributed by atoms with Crippen LogP contribution in [0.15, 0.2) is 24.3 Å². The second kappa shape index (κ2) is 7.28. The van der Waals surface area contributed by atoms with Crippen LogP contribution in [0.4, 0.5) is 0 Å². The third kappa shape index (κ3) is 4.20. The minimum absolute atomic E-state index is 0.137. The van der Waals surface area contributed by atoms with Crippen molar-refractivity contribution in [2.75, 3.05) is 20.6 Å². The summed E-state index contributed by atoms with van der Waals surface area (Å²) in [5.74, 6) is 0. The Labute approximate surface area is 123 Å². The summed E-state index contributed by atoms with van der Waals surface area (Å²) >= 11 is 6.09. The molecule has 0 aliphatic heterocycles. The maximum absolute atomic E-state index is 6.09. The van der Waals surface area contributed by atoms with Gasteiger partial charge in [-0.05, 0) is 58.1 Å². The highest BCUT2D eigenvalue weighted by Gasteiger charge is 2.34. The third-order valence-corrected chi connectivity index (χ3v) is 4.50. The molecule has 0 radical (unpaired) electrons. The molecule has 1 aromatic rings. The monoisotopic (exact) mass is 282 g/mol. The van der Waals surface area contributed by atoms with Crippen LogP contribution in [0.5, 0.6) is 0 Å². The van der Waals surface area contributed by atoms with Crippen LogP contribution in [0.3, 0.4) is 0 Å². The van der Waals surface area contributed by atoms with Gasteiger partial charge in [0, 0.05) is 16.6 Å². The van der Waals surface area contributed by atoms with Crippen LogP contribution in [0, 0.1) is 0 Å². The van der Waals surface area contributed by atoms with E-state index in [2.05, 4.69) is 57.2 Å². The van der Waals surface area contributed by atoms with E-state index < -0.39 is 0 Å². The molecule has 19 heavy (non-hydrogen) atoms. The van der Waals surface area contributed by atoms with E-state index in [1.54, 1.807) is 0 Å². The molecule has 0 bridgehead atoms. The Hall–Kier alpha value is -0.570. The molecule has 2 unspecified atom stereocenters. The zero-order valence-electron chi connectivity index (χ0n) is 12.8. The van der Waals surface area contributed by atoms with Crippen molar-refractivity contribution in [2.24, 2.45) is 0 Å². The van der Waals surface area contributed by atoms with Gasteiger partial charge in [0.1, 0.15) is 0 Å². The zero-order chi connectivity index (χ0) is 14.5. The van der Waals surface area contributed by atoms with E-state index in [4.69, 9.17) is 11.6 Å². The summed E-state index contributed by atoms with van der Waals surface area (Å²) < 4.78 is 0. The molecule has 2 nitrogen and oxygen atoms in total. The maximum atomic E-state index is 6.09. The molecule has 0 amide bonds. The first-order chi connectivity index (χ1) is 8.93. The number of nitrogens with one attached hydrogen (secondary N) is 1. The van der Waals surface area contributed by atoms with E-state index in [9.17, 15) is 0 Å². The molecule has 0 fully saturated rings. The van der Waals surface area contributed by atoms with E-state index in [0.29, 0.717) is 6.04 Å². The van der Waals surface area contributed by atoms with Gasteiger partial charge in [-0.2, -0.15) is 0 Å². The van der Waals surface area contributed by atoms with Gasteiger partial charge < -0.3 is 10.2 Å². The van der Waals surface area contributed by atoms with Gasteiger partial charge >= 0.3 is 0 Å². The van der Waals surface area contributed by atoms with Crippen molar-refractivity contribution in [2.45, 2.75) is 45.2 Å². The third-order valence-electron chi connectivity index (χ3n) is 4.27. The van der Waals surface area contributed by atoms with Gasteiger partial charge in [0.2, 0.25) is 0 Å². The minimum atomic E-state index is 0.137. The average Bonchev–Trinajstić information content (AvgIpc) is 2.37. The van der Waals surface area contributed by atoms with E-state index in [1.165, 1.54) is 5.56 Å². The molecule has 0 aliphatic rings. The number of hydrogen-bond acceptors (Lipinski definition) is 2. The first-order valence-corrected chi connectivity index (χ1v) is 7.47. The van der Waals surface area contributed by atoms with E-state index in [1.807, 2.05) is 12.1 Å². The quantitative estimate of drug-likeness (QED) is 0.822. The number of benzene rings is 1. The van der Waals surface area contributed by atoms with Crippen molar-refractivity contribution >= 4 is 11.6 Å². The lowest BCUT2D eigenvalue weighted by Crippen LogP contribution is -2.57. The van der Waals surface area contributed by atoms with Gasteiger partial charge in [-0.15, -0.1) is 0 Å². The van der Waals surface area contributed by atoms with E-state index >= 15 is 0 Å². The first kappa shape index (κ1) is 16.5. The summed E-state index contributed by atoms with van der Waals surface area (Å²) in [5, 5.41) is 4.45. The van der Waals surface area contributed by atoms with Crippen LogP contribution in [0.1, 0.15) is 32.8 Å². The van der Waals surface area contributed by atoms with Crippen LogP contribution in [0.25, 0.3) is 0 Å². The highest BCUT2D eigenvalue weighted by Crippen LogP contribution is 2.24. The molecule has 0 saturated heterocycles. The smallest absolute Gasteiger partial charge is 0.0408 e. The van der Waals surface area contributed by atoms with Gasteiger partial charge in [0.25, 0.3) is 0 Å². The standard InChI is InChI=1S/C16H27ClN2/c1-6-16(3,19(4)5)15(18-7-2)12-13-9-8-10-14(17)11-13/h8-11,15,18H,6-7,12H2,1-5H3. The first-order valence-electron chi connectivity index (χ1n) is 7.09. The van der Waals surface area contributed by atoms with E-state index in [-0.39, 0.29) is 5.54 Å². The van der Waals surface area contributed by atoms with Gasteiger partial charge in [-0.1, -0.05) is 37.6 Å². The summed E-state index contributed by atoms with van der Waals surface area (Å²) in [6.45, 7) is 7.72. The van der Waals surface area contributed by atoms with Crippen molar-refractivity contribution < 1.29 is 0 Å². The SMILES string of the molecule is CCNC(Cc1cccc(Cl)c1)C(C)(CC)N(C)C. The average molecular weight is 283 g/mol. The Morgan fingerprint density at radius 1 is 1.32 bits per heavy atom. The molecule has 1 aromatic carbocycles. The van der Waals surface area contributed by atoms with Gasteiger partial charge in [0.15, 0.2) is 0 Å². The number of likely N-dealkylation sites (N-methyl/N-ethyl adjacent to an activating group) is 2. The lowest BCUT2D eigenvalue weighted by molar-refractivity contribution is 0.113. The molecule has 108 valence electrons. The van der Waals surface area contributed by atoms with Crippen LogP contribution < -0.4 is 5.32 Å². The second-order valence-electron chi connectivity index (χ2n) is 5.55. The topological polar surface area (TPSA) is 15.3 Å². The molecule has 1 N–H and O–H groups in total. The Balaban J connectivity index is 2.94. The maximum Gasteiger partial charge on any atom is 0.0408 e. The Bertz CT molecular complexity index is 392. The Morgan fingerprint density at radius 2 is 2.00 bits per heavy atom. The summed E-state index contributed by atoms with van der Waals surface area (Å²) in [4.78, 5) is 2.32. The number of nitrogens with zero attached hydrogens (tertiary/aromatic N) is 1. The fraction of sp³-hybridized carbons (Fsp3) is 0.625. The Morgan fingerprint density at radius 3 is 2.47 bits per heavy atom. The molecule has 1 rings (SSSR count). The summed E-state index contributed by atoms with van der Waals surface area (Å²) in [7, 11) is 4.32. The highest BCUT2D eigenvalue weighted by atomic mass is 35.5. The predicted octanol–water partition coefficient (Wildman–Crippen LogP) is 3.59. The normalized spacial score (nSPS) is 16.4. The molecule has 2 atom stereocenters. The second-order valence-corrected chi connectivity index (χ2v) is 5.99. The number of halogens is 1. The molecular weight excluding hydrogens is 256 g/mol. The summed E-state index contributed by atoms with van der Waals surface area (Å²) in [6, 6.07) is 8.59. The van der Waals surface area contributed by atoms with Crippen LogP contribution in [0.2, 0.25) is 5.02 Å². The van der Waals surface area contributed by atoms with Gasteiger partial charge in [-0.25, -0.2) is 0 Å². The van der Waals surface area contributed by atoms with Crippen molar-refractivity contribution in [1.82, 2.24) is 10.2 Å². The molecule has 0 saturated carbocycles. The predicted molar refractivity (Wildman–Crippen MR) is 85.0 cm³/mol. The number of rotatable bonds is 7. The van der Waals surface area contributed by atoms with Gasteiger partial charge in [0.05, 0.1) is 0 Å². The molecule has 0 aromatic heterocycles. The van der Waals surface area contributed by atoms with Crippen molar-refractivity contribution in [3.8, 4) is 0 Å². The van der Waals surface area contributed by atoms with Crippen molar-refractivity contribution in [1.29, 1.82) is 0 Å². The lowest BCUT2D eigenvalue weighted by atomic mass is 9.84. The number of hydrogen-bond donors (Lipinski definition) is 1. The van der Waals surface area contributed by atoms with Gasteiger partial charge in [-0.3, -0.25) is 0 Å². The van der Waals surface area contributed by atoms with Crippen LogP contribution in [-0.2, 0) is 6.42 Å². The summed E-state index contributed by atoms with van der Waals surface area (Å²) in [6.07, 6.45) is 2.11. The fourth-order valence-corrected chi connectivity index (χ4v) is 2.75. The molecule has 0 heterocycles. The molecular formula is C16H27ClN2. The zero-order valence-corrected chi connectivity index (χ0v) is 13.6. The largest absolute Gasteiger partial charge is 0.312 e. The molecule has 3 heteroatoms. The summed E-state index contributed by atoms with van der Waals surface area (Å²) in [5.41, 5.74) is 1.43. The Kier molecular flexibility index (Phi) is 6.31. The van der Waals surface area contributed by atoms with Crippen LogP contribution >= 0.6 is 11.6 Å². The minimum Gasteiger partial charge on any atom is -0.312 e. The molecule has 0 spiro atoms. The van der Waals surface area contributed by atoms with Crippen molar-refractivity contribution in [3.05, 3.63) is 34.9 Å². The fourth-order valence-electron chi connectivity index (χ4n) is 2.53. The van der Waals surface area contributed by atoms with Crippen LogP contribution in [-0.4, -0.2) is 37.1 Å².